The van der Waals surface area contributed by atoms with Crippen LogP contribution in [0.4, 0.5) is 5.69 Å². The number of nitro groups is 1. The van der Waals surface area contributed by atoms with Gasteiger partial charge in [0.05, 0.1) is 4.92 Å². The topological polar surface area (TPSA) is 98.3 Å². The zero-order chi connectivity index (χ0) is 13.8. The van der Waals surface area contributed by atoms with Crippen LogP contribution in [0.1, 0.15) is 29.6 Å². The van der Waals surface area contributed by atoms with E-state index in [-0.39, 0.29) is 30.0 Å². The number of hydrogen-bond acceptors (Lipinski definition) is 4. The predicted octanol–water partition coefficient (Wildman–Crippen LogP) is 1.87. The van der Waals surface area contributed by atoms with Gasteiger partial charge in [-0.05, 0) is 37.4 Å². The number of carbonyl (C=O) groups is 1. The summed E-state index contributed by atoms with van der Waals surface area (Å²) in [5, 5.41) is 13.5. The minimum atomic E-state index is -0.483. The van der Waals surface area contributed by atoms with Crippen LogP contribution < -0.4 is 11.1 Å². The van der Waals surface area contributed by atoms with Gasteiger partial charge in [-0.25, -0.2) is 0 Å². The van der Waals surface area contributed by atoms with Crippen molar-refractivity contribution in [3.8, 4) is 0 Å². The molecule has 1 aliphatic rings. The molecule has 1 fully saturated rings. The van der Waals surface area contributed by atoms with Crippen molar-refractivity contribution in [2.24, 2.45) is 11.7 Å². The zero-order valence-corrected chi connectivity index (χ0v) is 11.8. The van der Waals surface area contributed by atoms with E-state index in [1.54, 1.807) is 0 Å². The molecule has 7 heteroatoms. The van der Waals surface area contributed by atoms with E-state index in [1.807, 2.05) is 0 Å². The van der Waals surface area contributed by atoms with Crippen molar-refractivity contribution in [1.29, 1.82) is 0 Å². The van der Waals surface area contributed by atoms with Gasteiger partial charge in [-0.2, -0.15) is 0 Å². The summed E-state index contributed by atoms with van der Waals surface area (Å²) in [5.41, 5.74) is 6.09. The molecule has 0 radical (unpaired) electrons. The third kappa shape index (κ3) is 3.68. The van der Waals surface area contributed by atoms with Gasteiger partial charge in [0.15, 0.2) is 0 Å². The maximum atomic E-state index is 12.0. The Kier molecular flexibility index (Phi) is 5.91. The molecule has 2 atom stereocenters. The van der Waals surface area contributed by atoms with Crippen LogP contribution in [0.25, 0.3) is 0 Å². The number of nitrogens with one attached hydrogen (secondary N) is 1. The SMILES string of the molecule is Cl.NCC1CCCC1NC(=O)c1ccc([N+](=O)[O-])cc1. The van der Waals surface area contributed by atoms with Crippen molar-refractivity contribution in [1.82, 2.24) is 5.32 Å². The first-order valence-corrected chi connectivity index (χ1v) is 6.37. The summed E-state index contributed by atoms with van der Waals surface area (Å²) in [4.78, 5) is 22.1. The first kappa shape index (κ1) is 16.4. The third-order valence-electron chi connectivity index (χ3n) is 3.62. The third-order valence-corrected chi connectivity index (χ3v) is 3.62. The van der Waals surface area contributed by atoms with Gasteiger partial charge in [-0.1, -0.05) is 6.42 Å². The second-order valence-corrected chi connectivity index (χ2v) is 4.81. The van der Waals surface area contributed by atoms with E-state index in [0.29, 0.717) is 18.0 Å². The zero-order valence-electron chi connectivity index (χ0n) is 11.0. The van der Waals surface area contributed by atoms with Gasteiger partial charge in [0.1, 0.15) is 0 Å². The average molecular weight is 300 g/mol. The highest BCUT2D eigenvalue weighted by molar-refractivity contribution is 5.94. The van der Waals surface area contributed by atoms with E-state index < -0.39 is 4.92 Å². The van der Waals surface area contributed by atoms with E-state index in [1.165, 1.54) is 24.3 Å². The van der Waals surface area contributed by atoms with Crippen LogP contribution in [0.15, 0.2) is 24.3 Å². The predicted molar refractivity (Wildman–Crippen MR) is 78.0 cm³/mol. The number of benzene rings is 1. The first-order valence-electron chi connectivity index (χ1n) is 6.37. The van der Waals surface area contributed by atoms with Crippen LogP contribution in [0.2, 0.25) is 0 Å². The van der Waals surface area contributed by atoms with E-state index in [0.717, 1.165) is 19.3 Å². The number of nitrogens with two attached hydrogens (primary N) is 1. The van der Waals surface area contributed by atoms with Crippen molar-refractivity contribution in [2.45, 2.75) is 25.3 Å². The van der Waals surface area contributed by atoms with Crippen molar-refractivity contribution in [3.05, 3.63) is 39.9 Å². The molecule has 2 rings (SSSR count). The molecule has 1 aliphatic carbocycles. The van der Waals surface area contributed by atoms with Crippen LogP contribution in [0.5, 0.6) is 0 Å². The molecule has 0 spiro atoms. The molecule has 0 saturated heterocycles. The summed E-state index contributed by atoms with van der Waals surface area (Å²) in [6.07, 6.45) is 3.06. The van der Waals surface area contributed by atoms with E-state index in [2.05, 4.69) is 5.32 Å². The minimum absolute atomic E-state index is 0. The molecule has 110 valence electrons. The summed E-state index contributed by atoms with van der Waals surface area (Å²) >= 11 is 0. The Morgan fingerprint density at radius 2 is 2.00 bits per heavy atom. The lowest BCUT2D eigenvalue weighted by atomic mass is 10.0. The highest BCUT2D eigenvalue weighted by Gasteiger charge is 2.27. The smallest absolute Gasteiger partial charge is 0.269 e. The lowest BCUT2D eigenvalue weighted by Gasteiger charge is -2.19. The lowest BCUT2D eigenvalue weighted by molar-refractivity contribution is -0.384. The molecular weight excluding hydrogens is 282 g/mol. The monoisotopic (exact) mass is 299 g/mol. The lowest BCUT2D eigenvalue weighted by Crippen LogP contribution is -2.39. The van der Waals surface area contributed by atoms with Gasteiger partial charge >= 0.3 is 0 Å². The number of non-ortho nitro benzene ring substituents is 1. The molecule has 1 aromatic rings. The van der Waals surface area contributed by atoms with E-state index >= 15 is 0 Å². The van der Waals surface area contributed by atoms with E-state index in [9.17, 15) is 14.9 Å². The number of nitrogens with zero attached hydrogens (tertiary/aromatic N) is 1. The Morgan fingerprint density at radius 1 is 1.35 bits per heavy atom. The number of hydrogen-bond donors (Lipinski definition) is 2. The van der Waals surface area contributed by atoms with Gasteiger partial charge < -0.3 is 11.1 Å². The molecule has 1 saturated carbocycles. The second-order valence-electron chi connectivity index (χ2n) is 4.81. The maximum Gasteiger partial charge on any atom is 0.269 e. The first-order chi connectivity index (χ1) is 9.11. The number of carbonyl (C=O) groups excluding carboxylic acids is 1. The number of rotatable bonds is 4. The Balaban J connectivity index is 0.00000200. The normalized spacial score (nSPS) is 21.1. The highest BCUT2D eigenvalue weighted by Crippen LogP contribution is 2.25. The fraction of sp³-hybridized carbons (Fsp3) is 0.462. The molecule has 2 unspecified atom stereocenters. The Morgan fingerprint density at radius 3 is 2.55 bits per heavy atom. The van der Waals surface area contributed by atoms with Crippen molar-refractivity contribution in [3.63, 3.8) is 0 Å². The molecule has 0 bridgehead atoms. The largest absolute Gasteiger partial charge is 0.349 e. The van der Waals surface area contributed by atoms with Crippen LogP contribution in [-0.2, 0) is 0 Å². The van der Waals surface area contributed by atoms with Crippen LogP contribution in [0.3, 0.4) is 0 Å². The molecule has 0 aliphatic heterocycles. The summed E-state index contributed by atoms with van der Waals surface area (Å²) in [7, 11) is 0. The van der Waals surface area contributed by atoms with Gasteiger partial charge in [-0.15, -0.1) is 12.4 Å². The maximum absolute atomic E-state index is 12.0. The molecule has 3 N–H and O–H groups in total. The van der Waals surface area contributed by atoms with Crippen LogP contribution >= 0.6 is 12.4 Å². The van der Waals surface area contributed by atoms with Gasteiger partial charge in [-0.3, -0.25) is 14.9 Å². The Labute approximate surface area is 123 Å². The Bertz CT molecular complexity index is 478. The summed E-state index contributed by atoms with van der Waals surface area (Å²) in [6.45, 7) is 0.575. The van der Waals surface area contributed by atoms with E-state index in [4.69, 9.17) is 5.73 Å². The summed E-state index contributed by atoms with van der Waals surface area (Å²) in [5.74, 6) is 0.141. The number of halogens is 1. The molecule has 0 heterocycles. The number of nitro benzene ring substituents is 1. The molecule has 1 amide bonds. The molecule has 20 heavy (non-hydrogen) atoms. The fourth-order valence-corrected chi connectivity index (χ4v) is 2.50. The fourth-order valence-electron chi connectivity index (χ4n) is 2.50. The van der Waals surface area contributed by atoms with Crippen LogP contribution in [-0.4, -0.2) is 23.4 Å². The second kappa shape index (κ2) is 7.21. The summed E-state index contributed by atoms with van der Waals surface area (Å²) < 4.78 is 0. The quantitative estimate of drug-likeness (QED) is 0.655. The average Bonchev–Trinajstić information content (AvgIpc) is 2.86. The molecule has 0 aromatic heterocycles. The van der Waals surface area contributed by atoms with Crippen molar-refractivity contribution < 1.29 is 9.72 Å². The summed E-state index contributed by atoms with van der Waals surface area (Å²) in [6, 6.07) is 5.74. The highest BCUT2D eigenvalue weighted by atomic mass is 35.5. The standard InChI is InChI=1S/C13H17N3O3.ClH/c14-8-10-2-1-3-12(10)15-13(17)9-4-6-11(7-5-9)16(18)19;/h4-7,10,12H,1-3,8,14H2,(H,15,17);1H. The van der Waals surface area contributed by atoms with Gasteiger partial charge in [0.2, 0.25) is 0 Å². The molecule has 6 nitrogen and oxygen atoms in total. The minimum Gasteiger partial charge on any atom is -0.349 e. The molecule has 1 aromatic carbocycles. The Hall–Kier alpha value is -1.66. The van der Waals surface area contributed by atoms with Crippen LogP contribution in [0, 0.1) is 16.0 Å². The van der Waals surface area contributed by atoms with Gasteiger partial charge in [0, 0.05) is 23.7 Å². The molecular formula is C13H18ClN3O3. The van der Waals surface area contributed by atoms with Crippen molar-refractivity contribution >= 4 is 24.0 Å². The van der Waals surface area contributed by atoms with Crippen molar-refractivity contribution in [2.75, 3.05) is 6.54 Å². The van der Waals surface area contributed by atoms with Gasteiger partial charge in [0.25, 0.3) is 11.6 Å². The number of amides is 1.